The van der Waals surface area contributed by atoms with Crippen molar-refractivity contribution in [1.29, 1.82) is 0 Å². The highest BCUT2D eigenvalue weighted by atomic mass is 35.5. The number of carbonyl (C=O) groups excluding carboxylic acids is 4. The number of halogens is 1. The van der Waals surface area contributed by atoms with E-state index in [4.69, 9.17) is 20.9 Å². The molecule has 0 aliphatic carbocycles. The molecule has 0 radical (unpaired) electrons. The number of aromatic nitrogens is 3. The lowest BCUT2D eigenvalue weighted by atomic mass is 10.2. The van der Waals surface area contributed by atoms with Gasteiger partial charge in [-0.1, -0.05) is 0 Å². The summed E-state index contributed by atoms with van der Waals surface area (Å²) in [5, 5.41) is 5.63. The summed E-state index contributed by atoms with van der Waals surface area (Å²) >= 11 is 0. The summed E-state index contributed by atoms with van der Waals surface area (Å²) in [7, 11) is 1.82. The topological polar surface area (TPSA) is 212 Å². The van der Waals surface area contributed by atoms with Crippen molar-refractivity contribution in [3.05, 3.63) is 60.3 Å². The molecule has 0 bridgehead atoms. The molecule has 0 saturated heterocycles. The standard InChI is InChI=1S/C30H35N9O6.ClH/c1-18(40)44-12-10-39(11-13-45-19(2)41)23-7-5-21(6-8-23)35-29(43)20-4-9-24-25(14-20)37-28(36-24)26-15-22(17-38(26)3)34-27(42)16-33-30(31)32;/h4-9,14-15,17H,10-13,16H2,1-3H3,(H,34,42)(H,35,43)(H,36,37)(H4,31,32,33);1H. The Morgan fingerprint density at radius 1 is 0.935 bits per heavy atom. The van der Waals surface area contributed by atoms with Gasteiger partial charge in [-0.15, -0.1) is 12.4 Å². The fraction of sp³-hybridized carbons (Fsp3) is 0.267. The number of hydrogen-bond acceptors (Lipinski definition) is 9. The molecule has 0 saturated carbocycles. The van der Waals surface area contributed by atoms with Crippen LogP contribution in [0.3, 0.4) is 0 Å². The second-order valence-corrected chi connectivity index (χ2v) is 10.00. The van der Waals surface area contributed by atoms with Gasteiger partial charge in [-0.05, 0) is 48.5 Å². The van der Waals surface area contributed by atoms with Crippen molar-refractivity contribution < 1.29 is 28.7 Å². The molecule has 244 valence electrons. The van der Waals surface area contributed by atoms with Crippen LogP contribution < -0.4 is 27.0 Å². The molecule has 0 atom stereocenters. The summed E-state index contributed by atoms with van der Waals surface area (Å²) in [6.07, 6.45) is 1.74. The fourth-order valence-electron chi connectivity index (χ4n) is 4.43. The summed E-state index contributed by atoms with van der Waals surface area (Å²) in [4.78, 5) is 61.0. The first-order valence-electron chi connectivity index (χ1n) is 13.9. The highest BCUT2D eigenvalue weighted by Gasteiger charge is 2.15. The van der Waals surface area contributed by atoms with Gasteiger partial charge in [0.15, 0.2) is 11.8 Å². The van der Waals surface area contributed by atoms with Gasteiger partial charge < -0.3 is 46.0 Å². The quantitative estimate of drug-likeness (QED) is 0.0807. The number of benzene rings is 2. The van der Waals surface area contributed by atoms with Crippen LogP contribution in [0.15, 0.2) is 59.7 Å². The van der Waals surface area contributed by atoms with Crippen LogP contribution in [-0.4, -0.2) is 77.1 Å². The lowest BCUT2D eigenvalue weighted by Gasteiger charge is -2.24. The van der Waals surface area contributed by atoms with Gasteiger partial charge in [-0.25, -0.2) is 9.98 Å². The van der Waals surface area contributed by atoms with E-state index in [-0.39, 0.29) is 61.9 Å². The minimum absolute atomic E-state index is 0. The number of imidazole rings is 1. The monoisotopic (exact) mass is 653 g/mol. The van der Waals surface area contributed by atoms with Crippen molar-refractivity contribution in [2.24, 2.45) is 23.5 Å². The number of hydrogen-bond donors (Lipinski definition) is 5. The third-order valence-corrected chi connectivity index (χ3v) is 6.50. The first-order valence-corrected chi connectivity index (χ1v) is 13.9. The molecule has 2 aromatic heterocycles. The predicted octanol–water partition coefficient (Wildman–Crippen LogP) is 2.39. The number of esters is 2. The van der Waals surface area contributed by atoms with Crippen LogP contribution in [0.25, 0.3) is 22.6 Å². The van der Waals surface area contributed by atoms with E-state index >= 15 is 0 Å². The van der Waals surface area contributed by atoms with E-state index in [0.29, 0.717) is 52.6 Å². The molecule has 7 N–H and O–H groups in total. The maximum atomic E-state index is 13.1. The number of amides is 2. The van der Waals surface area contributed by atoms with Gasteiger partial charge in [0.1, 0.15) is 19.8 Å². The number of aryl methyl sites for hydroxylation is 1. The van der Waals surface area contributed by atoms with Crippen LogP contribution in [0.4, 0.5) is 17.1 Å². The largest absolute Gasteiger partial charge is 0.464 e. The number of guanidine groups is 1. The van der Waals surface area contributed by atoms with E-state index in [1.165, 1.54) is 13.8 Å². The van der Waals surface area contributed by atoms with Crippen molar-refractivity contribution in [1.82, 2.24) is 14.5 Å². The number of ether oxygens (including phenoxy) is 2. The summed E-state index contributed by atoms with van der Waals surface area (Å²) in [5.41, 5.74) is 14.9. The maximum Gasteiger partial charge on any atom is 0.302 e. The van der Waals surface area contributed by atoms with Crippen LogP contribution in [0.2, 0.25) is 0 Å². The third-order valence-electron chi connectivity index (χ3n) is 6.50. The van der Waals surface area contributed by atoms with Crippen LogP contribution in [0.5, 0.6) is 0 Å². The average Bonchev–Trinajstić information content (AvgIpc) is 3.57. The number of carbonyl (C=O) groups is 4. The van der Waals surface area contributed by atoms with Gasteiger partial charge >= 0.3 is 11.9 Å². The van der Waals surface area contributed by atoms with Gasteiger partial charge in [-0.2, -0.15) is 0 Å². The van der Waals surface area contributed by atoms with E-state index in [1.54, 1.807) is 47.2 Å². The molecule has 2 heterocycles. The Morgan fingerprint density at radius 3 is 2.20 bits per heavy atom. The summed E-state index contributed by atoms with van der Waals surface area (Å²) in [6, 6.07) is 14.1. The molecule has 0 unspecified atom stereocenters. The first-order chi connectivity index (χ1) is 21.5. The Bertz CT molecular complexity index is 1710. The molecule has 0 spiro atoms. The Labute approximate surface area is 270 Å². The second-order valence-electron chi connectivity index (χ2n) is 10.00. The highest BCUT2D eigenvalue weighted by Crippen LogP contribution is 2.26. The summed E-state index contributed by atoms with van der Waals surface area (Å²) in [6.45, 7) is 3.63. The van der Waals surface area contributed by atoms with E-state index in [9.17, 15) is 19.2 Å². The highest BCUT2D eigenvalue weighted by molar-refractivity contribution is 6.06. The van der Waals surface area contributed by atoms with E-state index in [0.717, 1.165) is 5.69 Å². The molecule has 15 nitrogen and oxygen atoms in total. The molecule has 2 amide bonds. The van der Waals surface area contributed by atoms with Crippen LogP contribution >= 0.6 is 12.4 Å². The molecular weight excluding hydrogens is 618 g/mol. The number of H-pyrrole nitrogens is 1. The number of nitrogens with zero attached hydrogens (tertiary/aromatic N) is 4. The Balaban J connectivity index is 0.00000576. The molecule has 0 fully saturated rings. The molecule has 4 rings (SSSR count). The van der Waals surface area contributed by atoms with Crippen LogP contribution in [0, 0.1) is 0 Å². The maximum absolute atomic E-state index is 13.1. The van der Waals surface area contributed by atoms with E-state index in [2.05, 4.69) is 25.6 Å². The number of aliphatic imine (C=N–C) groups is 1. The average molecular weight is 654 g/mol. The number of aromatic amines is 1. The van der Waals surface area contributed by atoms with E-state index < -0.39 is 0 Å². The zero-order valence-electron chi connectivity index (χ0n) is 25.5. The Hall–Kier alpha value is -5.57. The minimum atomic E-state index is -0.381. The van der Waals surface area contributed by atoms with Crippen LogP contribution in [0.1, 0.15) is 24.2 Å². The fourth-order valence-corrected chi connectivity index (χ4v) is 4.43. The number of anilines is 3. The minimum Gasteiger partial charge on any atom is -0.464 e. The van der Waals surface area contributed by atoms with Crippen molar-refractivity contribution in [3.63, 3.8) is 0 Å². The first kappa shape index (κ1) is 34.9. The lowest BCUT2D eigenvalue weighted by Crippen LogP contribution is -2.31. The van der Waals surface area contributed by atoms with Gasteiger partial charge in [-0.3, -0.25) is 19.2 Å². The zero-order chi connectivity index (χ0) is 32.5. The molecular formula is C30H36ClN9O6. The Kier molecular flexibility index (Phi) is 12.1. The second kappa shape index (κ2) is 15.9. The number of nitrogens with two attached hydrogens (primary N) is 2. The summed E-state index contributed by atoms with van der Waals surface area (Å²) < 4.78 is 11.9. The molecule has 2 aromatic carbocycles. The zero-order valence-corrected chi connectivity index (χ0v) is 26.3. The lowest BCUT2D eigenvalue weighted by molar-refractivity contribution is -0.141. The van der Waals surface area contributed by atoms with Gasteiger partial charge in [0, 0.05) is 44.0 Å². The number of rotatable bonds is 13. The van der Waals surface area contributed by atoms with Crippen molar-refractivity contribution in [3.8, 4) is 11.5 Å². The Morgan fingerprint density at radius 2 is 1.59 bits per heavy atom. The predicted molar refractivity (Wildman–Crippen MR) is 177 cm³/mol. The van der Waals surface area contributed by atoms with Crippen molar-refractivity contribution in [2.45, 2.75) is 13.8 Å². The third kappa shape index (κ3) is 9.72. The number of fused-ring (bicyclic) bond motifs is 1. The summed E-state index contributed by atoms with van der Waals surface area (Å²) in [5.74, 6) is -1.06. The molecule has 0 aliphatic heterocycles. The van der Waals surface area contributed by atoms with Gasteiger partial charge in [0.25, 0.3) is 5.91 Å². The molecule has 0 aliphatic rings. The molecule has 4 aromatic rings. The van der Waals surface area contributed by atoms with Crippen molar-refractivity contribution in [2.75, 3.05) is 48.4 Å². The molecule has 46 heavy (non-hydrogen) atoms. The van der Waals surface area contributed by atoms with E-state index in [1.807, 2.05) is 24.1 Å². The van der Waals surface area contributed by atoms with Crippen LogP contribution in [-0.2, 0) is 30.9 Å². The van der Waals surface area contributed by atoms with Gasteiger partial charge in [0.05, 0.1) is 35.5 Å². The van der Waals surface area contributed by atoms with Crippen molar-refractivity contribution >= 4 is 70.2 Å². The normalized spacial score (nSPS) is 10.4. The SMILES string of the molecule is CC(=O)OCCN(CCOC(C)=O)c1ccc(NC(=O)c2ccc3nc(-c4cc(NC(=O)CN=C(N)N)cn4C)[nH]c3c2)cc1.Cl. The molecule has 16 heteroatoms. The smallest absolute Gasteiger partial charge is 0.302 e. The number of nitrogens with one attached hydrogen (secondary N) is 3. The van der Waals surface area contributed by atoms with Gasteiger partial charge in [0.2, 0.25) is 5.91 Å².